The van der Waals surface area contributed by atoms with Gasteiger partial charge in [-0.1, -0.05) is 12.2 Å². The summed E-state index contributed by atoms with van der Waals surface area (Å²) in [6.07, 6.45) is 2.73. The van der Waals surface area contributed by atoms with Crippen molar-refractivity contribution in [1.29, 1.82) is 0 Å². The van der Waals surface area contributed by atoms with Crippen LogP contribution in [0.4, 0.5) is 4.79 Å². The van der Waals surface area contributed by atoms with Crippen molar-refractivity contribution in [1.82, 2.24) is 0 Å². The topological polar surface area (TPSA) is 88.1 Å². The molecule has 124 valence electrons. The molecule has 0 heterocycles. The highest BCUT2D eigenvalue weighted by Gasteiger charge is 2.66. The van der Waals surface area contributed by atoms with Crippen molar-refractivity contribution in [2.45, 2.75) is 32.8 Å². The maximum Gasteiger partial charge on any atom is 0.509 e. The quantitative estimate of drug-likeness (QED) is 0.331. The summed E-state index contributed by atoms with van der Waals surface area (Å²) in [7, 11) is 2.44. The molecule has 7 heteroatoms. The molecule has 0 N–H and O–H groups in total. The lowest BCUT2D eigenvalue weighted by Gasteiger charge is -2.18. The van der Waals surface area contributed by atoms with E-state index in [1.54, 1.807) is 32.9 Å². The third-order valence-electron chi connectivity index (χ3n) is 3.17. The van der Waals surface area contributed by atoms with Crippen LogP contribution in [0, 0.1) is 11.3 Å². The molecule has 1 atom stereocenters. The molecule has 7 nitrogen and oxygen atoms in total. The van der Waals surface area contributed by atoms with Gasteiger partial charge in [0.1, 0.15) is 12.2 Å². The second-order valence-corrected chi connectivity index (χ2v) is 5.97. The van der Waals surface area contributed by atoms with Crippen molar-refractivity contribution in [3.8, 4) is 0 Å². The Morgan fingerprint density at radius 1 is 1.14 bits per heavy atom. The highest BCUT2D eigenvalue weighted by molar-refractivity contribution is 6.04. The zero-order chi connectivity index (χ0) is 17.0. The lowest BCUT2D eigenvalue weighted by atomic mass is 10.0. The summed E-state index contributed by atoms with van der Waals surface area (Å²) in [4.78, 5) is 34.8. The SMILES string of the molecule is COC(=O)C1(C(=O)OC)CC1/C=C/COC(=O)OC(C)(C)C. The molecule has 0 amide bonds. The molecule has 1 fully saturated rings. The van der Waals surface area contributed by atoms with E-state index in [1.165, 1.54) is 14.2 Å². The van der Waals surface area contributed by atoms with Crippen LogP contribution in [0.3, 0.4) is 0 Å². The highest BCUT2D eigenvalue weighted by atomic mass is 16.7. The van der Waals surface area contributed by atoms with Crippen molar-refractivity contribution in [2.75, 3.05) is 20.8 Å². The molecule has 0 saturated heterocycles. The van der Waals surface area contributed by atoms with Crippen molar-refractivity contribution < 1.29 is 33.3 Å². The van der Waals surface area contributed by atoms with Gasteiger partial charge in [-0.05, 0) is 27.2 Å². The summed E-state index contributed by atoms with van der Waals surface area (Å²) < 4.78 is 19.1. The molecule has 1 aliphatic carbocycles. The molecule has 0 bridgehead atoms. The fourth-order valence-corrected chi connectivity index (χ4v) is 2.05. The van der Waals surface area contributed by atoms with Gasteiger partial charge in [0.05, 0.1) is 14.2 Å². The Balaban J connectivity index is 2.50. The number of carbonyl (C=O) groups is 3. The molecule has 1 rings (SSSR count). The number of allylic oxidation sites excluding steroid dienone is 1. The Labute approximate surface area is 129 Å². The van der Waals surface area contributed by atoms with Crippen LogP contribution >= 0.6 is 0 Å². The molecular weight excluding hydrogens is 292 g/mol. The van der Waals surface area contributed by atoms with Gasteiger partial charge in [0, 0.05) is 5.92 Å². The molecule has 0 spiro atoms. The number of esters is 2. The molecule has 0 aromatic rings. The van der Waals surface area contributed by atoms with Crippen LogP contribution < -0.4 is 0 Å². The molecular formula is C15H22O7. The van der Waals surface area contributed by atoms with E-state index in [1.807, 2.05) is 0 Å². The lowest BCUT2D eigenvalue weighted by Crippen LogP contribution is -2.30. The van der Waals surface area contributed by atoms with Gasteiger partial charge in [0.2, 0.25) is 0 Å². The van der Waals surface area contributed by atoms with Gasteiger partial charge in [0.25, 0.3) is 0 Å². The standard InChI is InChI=1S/C15H22O7/c1-14(2,3)22-13(18)21-8-6-7-10-9-15(10,11(16)19-4)12(17)20-5/h6-7,10H,8-9H2,1-5H3/b7-6+. The Morgan fingerprint density at radius 3 is 2.14 bits per heavy atom. The Bertz CT molecular complexity index is 457. The molecule has 0 aromatic carbocycles. The molecule has 0 aromatic heterocycles. The number of hydrogen-bond acceptors (Lipinski definition) is 7. The smallest absolute Gasteiger partial charge is 0.468 e. The van der Waals surface area contributed by atoms with E-state index < -0.39 is 29.1 Å². The Hall–Kier alpha value is -2.05. The first-order valence-electron chi connectivity index (χ1n) is 6.86. The zero-order valence-corrected chi connectivity index (χ0v) is 13.5. The van der Waals surface area contributed by atoms with Gasteiger partial charge in [-0.25, -0.2) is 4.79 Å². The van der Waals surface area contributed by atoms with Gasteiger partial charge < -0.3 is 18.9 Å². The van der Waals surface area contributed by atoms with Crippen molar-refractivity contribution >= 4 is 18.1 Å². The van der Waals surface area contributed by atoms with E-state index in [0.29, 0.717) is 6.42 Å². The molecule has 1 unspecified atom stereocenters. The average molecular weight is 314 g/mol. The van der Waals surface area contributed by atoms with E-state index in [9.17, 15) is 14.4 Å². The normalized spacial score (nSPS) is 19.4. The van der Waals surface area contributed by atoms with Crippen molar-refractivity contribution in [3.05, 3.63) is 12.2 Å². The Kier molecular flexibility index (Phi) is 5.57. The van der Waals surface area contributed by atoms with Crippen LogP contribution in [-0.2, 0) is 28.5 Å². The predicted octanol–water partition coefficient (Wildman–Crippen LogP) is 1.85. The van der Waals surface area contributed by atoms with Gasteiger partial charge in [-0.2, -0.15) is 0 Å². The van der Waals surface area contributed by atoms with Crippen LogP contribution in [0.25, 0.3) is 0 Å². The van der Waals surface area contributed by atoms with Gasteiger partial charge >= 0.3 is 18.1 Å². The third-order valence-corrected chi connectivity index (χ3v) is 3.17. The largest absolute Gasteiger partial charge is 0.509 e. The minimum atomic E-state index is -1.27. The first-order valence-corrected chi connectivity index (χ1v) is 6.86. The highest BCUT2D eigenvalue weighted by Crippen LogP contribution is 2.55. The lowest BCUT2D eigenvalue weighted by molar-refractivity contribution is -0.161. The number of rotatable bonds is 5. The number of carbonyl (C=O) groups excluding carboxylic acids is 3. The summed E-state index contributed by atoms with van der Waals surface area (Å²) in [5.74, 6) is -1.57. The van der Waals surface area contributed by atoms with E-state index in [0.717, 1.165) is 0 Å². The van der Waals surface area contributed by atoms with Crippen LogP contribution in [0.5, 0.6) is 0 Å². The van der Waals surface area contributed by atoms with Crippen LogP contribution in [0.1, 0.15) is 27.2 Å². The van der Waals surface area contributed by atoms with E-state index in [-0.39, 0.29) is 12.5 Å². The summed E-state index contributed by atoms with van der Waals surface area (Å²) >= 11 is 0. The number of ether oxygens (including phenoxy) is 4. The fraction of sp³-hybridized carbons (Fsp3) is 0.667. The zero-order valence-electron chi connectivity index (χ0n) is 13.5. The van der Waals surface area contributed by atoms with Crippen LogP contribution in [0.2, 0.25) is 0 Å². The second kappa shape index (κ2) is 6.81. The van der Waals surface area contributed by atoms with E-state index >= 15 is 0 Å². The van der Waals surface area contributed by atoms with Gasteiger partial charge in [-0.3, -0.25) is 9.59 Å². The Morgan fingerprint density at radius 2 is 1.68 bits per heavy atom. The molecule has 0 aliphatic heterocycles. The number of hydrogen-bond donors (Lipinski definition) is 0. The maximum atomic E-state index is 11.7. The first kappa shape index (κ1) is 18.0. The molecule has 22 heavy (non-hydrogen) atoms. The van der Waals surface area contributed by atoms with Crippen LogP contribution in [-0.4, -0.2) is 44.5 Å². The number of methoxy groups -OCH3 is 2. The molecule has 1 saturated carbocycles. The van der Waals surface area contributed by atoms with Crippen molar-refractivity contribution in [3.63, 3.8) is 0 Å². The first-order chi connectivity index (χ1) is 10.2. The van der Waals surface area contributed by atoms with E-state index in [4.69, 9.17) is 9.47 Å². The second-order valence-electron chi connectivity index (χ2n) is 5.97. The van der Waals surface area contributed by atoms with Gasteiger partial charge in [-0.15, -0.1) is 0 Å². The van der Waals surface area contributed by atoms with Gasteiger partial charge in [0.15, 0.2) is 5.41 Å². The van der Waals surface area contributed by atoms with Crippen LogP contribution in [0.15, 0.2) is 12.2 Å². The maximum absolute atomic E-state index is 11.7. The summed E-state index contributed by atoms with van der Waals surface area (Å²) in [6.45, 7) is 5.18. The minimum absolute atomic E-state index is 0.0101. The minimum Gasteiger partial charge on any atom is -0.468 e. The molecule has 0 radical (unpaired) electrons. The molecule has 1 aliphatic rings. The summed E-state index contributed by atoms with van der Waals surface area (Å²) in [6, 6.07) is 0. The summed E-state index contributed by atoms with van der Waals surface area (Å²) in [5.41, 5.74) is -1.89. The monoisotopic (exact) mass is 314 g/mol. The summed E-state index contributed by atoms with van der Waals surface area (Å²) in [5, 5.41) is 0. The van der Waals surface area contributed by atoms with Crippen molar-refractivity contribution in [2.24, 2.45) is 11.3 Å². The van der Waals surface area contributed by atoms with E-state index in [2.05, 4.69) is 9.47 Å². The fourth-order valence-electron chi connectivity index (χ4n) is 2.05. The third kappa shape index (κ3) is 4.22. The average Bonchev–Trinajstić information content (AvgIpc) is 3.15. The predicted molar refractivity (Wildman–Crippen MR) is 75.9 cm³/mol.